The highest BCUT2D eigenvalue weighted by atomic mass is 16.5. The van der Waals surface area contributed by atoms with Gasteiger partial charge in [-0.2, -0.15) is 0 Å². The Hall–Kier alpha value is -3.60. The maximum absolute atomic E-state index is 12.9. The van der Waals surface area contributed by atoms with Crippen LogP contribution in [0.25, 0.3) is 11.0 Å². The Balaban J connectivity index is 1.58. The summed E-state index contributed by atoms with van der Waals surface area (Å²) in [7, 11) is 0. The average Bonchev–Trinajstić information content (AvgIpc) is 3.07. The molecule has 0 bridgehead atoms. The molecule has 0 atom stereocenters. The number of hydrogen-bond donors (Lipinski definition) is 1. The normalized spacial score (nSPS) is 10.9. The first-order valence-electron chi connectivity index (χ1n) is 10.0. The Morgan fingerprint density at radius 3 is 2.60 bits per heavy atom. The number of carbonyl (C=O) groups excluding carboxylic acids is 1. The molecule has 0 spiro atoms. The summed E-state index contributed by atoms with van der Waals surface area (Å²) in [6.45, 7) is 6.48. The molecule has 30 heavy (non-hydrogen) atoms. The van der Waals surface area contributed by atoms with Gasteiger partial charge < -0.3 is 14.6 Å². The van der Waals surface area contributed by atoms with E-state index in [0.29, 0.717) is 5.82 Å². The van der Waals surface area contributed by atoms with Crippen molar-refractivity contribution in [1.29, 1.82) is 0 Å². The first kappa shape index (κ1) is 19.7. The van der Waals surface area contributed by atoms with E-state index >= 15 is 0 Å². The molecular weight excluding hydrogens is 374 g/mol. The largest absolute Gasteiger partial charge is 0.486 e. The third kappa shape index (κ3) is 4.35. The summed E-state index contributed by atoms with van der Waals surface area (Å²) in [4.78, 5) is 17.6. The summed E-state index contributed by atoms with van der Waals surface area (Å²) < 4.78 is 7.88. The number of aryl methyl sites for hydroxylation is 3. The standard InChI is InChI=1S/C25H25N3O2/c1-17-7-6-8-20(13-17)30-16-24-26-21-9-4-5-10-23(21)28(24)15-25(29)27-22-14-18(2)11-12-19(22)3/h4-14H,15-16H2,1-3H3,(H,27,29). The van der Waals surface area contributed by atoms with E-state index in [1.165, 1.54) is 0 Å². The van der Waals surface area contributed by atoms with E-state index < -0.39 is 0 Å². The van der Waals surface area contributed by atoms with Crippen LogP contribution >= 0.6 is 0 Å². The van der Waals surface area contributed by atoms with E-state index in [0.717, 1.165) is 39.2 Å². The highest BCUT2D eigenvalue weighted by Crippen LogP contribution is 2.20. The molecule has 152 valence electrons. The van der Waals surface area contributed by atoms with Crippen LogP contribution in [0.4, 0.5) is 5.69 Å². The number of hydrogen-bond acceptors (Lipinski definition) is 3. The van der Waals surface area contributed by atoms with E-state index in [1.807, 2.05) is 92.1 Å². The highest BCUT2D eigenvalue weighted by molar-refractivity contribution is 5.92. The number of imidazole rings is 1. The lowest BCUT2D eigenvalue weighted by atomic mass is 10.1. The van der Waals surface area contributed by atoms with Gasteiger partial charge in [-0.15, -0.1) is 0 Å². The molecule has 1 heterocycles. The molecule has 5 nitrogen and oxygen atoms in total. The van der Waals surface area contributed by atoms with E-state index in [9.17, 15) is 4.79 Å². The number of carbonyl (C=O) groups is 1. The molecule has 0 fully saturated rings. The molecule has 1 aromatic heterocycles. The van der Waals surface area contributed by atoms with Crippen molar-refractivity contribution < 1.29 is 9.53 Å². The molecule has 4 rings (SSSR count). The van der Waals surface area contributed by atoms with Crippen molar-refractivity contribution in [3.05, 3.63) is 89.2 Å². The monoisotopic (exact) mass is 399 g/mol. The third-order valence-corrected chi connectivity index (χ3v) is 5.06. The molecule has 0 radical (unpaired) electrons. The third-order valence-electron chi connectivity index (χ3n) is 5.06. The molecule has 0 unspecified atom stereocenters. The SMILES string of the molecule is Cc1cccc(OCc2nc3ccccc3n2CC(=O)Nc2cc(C)ccc2C)c1. The van der Waals surface area contributed by atoms with Crippen molar-refractivity contribution >= 4 is 22.6 Å². The van der Waals surface area contributed by atoms with E-state index in [4.69, 9.17) is 9.72 Å². The minimum atomic E-state index is -0.0938. The molecule has 3 aromatic carbocycles. The van der Waals surface area contributed by atoms with Crippen molar-refractivity contribution in [3.8, 4) is 5.75 Å². The van der Waals surface area contributed by atoms with Crippen LogP contribution in [-0.4, -0.2) is 15.5 Å². The highest BCUT2D eigenvalue weighted by Gasteiger charge is 2.15. The van der Waals surface area contributed by atoms with Crippen LogP contribution in [0.3, 0.4) is 0 Å². The lowest BCUT2D eigenvalue weighted by molar-refractivity contribution is -0.116. The first-order valence-corrected chi connectivity index (χ1v) is 10.0. The number of aromatic nitrogens is 2. The lowest BCUT2D eigenvalue weighted by Crippen LogP contribution is -2.21. The molecule has 1 N–H and O–H groups in total. The van der Waals surface area contributed by atoms with Crippen molar-refractivity contribution in [3.63, 3.8) is 0 Å². The molecule has 0 aliphatic carbocycles. The predicted octanol–water partition coefficient (Wildman–Crippen LogP) is 5.18. The van der Waals surface area contributed by atoms with Gasteiger partial charge in [0.15, 0.2) is 0 Å². The number of nitrogens with one attached hydrogen (secondary N) is 1. The smallest absolute Gasteiger partial charge is 0.244 e. The minimum Gasteiger partial charge on any atom is -0.486 e. The first-order chi connectivity index (χ1) is 14.5. The quantitative estimate of drug-likeness (QED) is 0.486. The van der Waals surface area contributed by atoms with Gasteiger partial charge in [-0.05, 0) is 67.8 Å². The summed E-state index contributed by atoms with van der Waals surface area (Å²) in [5.41, 5.74) is 5.87. The Labute approximate surface area is 176 Å². The zero-order chi connectivity index (χ0) is 21.1. The van der Waals surface area contributed by atoms with Crippen LogP contribution in [0, 0.1) is 20.8 Å². The summed E-state index contributed by atoms with van der Waals surface area (Å²) in [6.07, 6.45) is 0. The lowest BCUT2D eigenvalue weighted by Gasteiger charge is -2.13. The fraction of sp³-hybridized carbons (Fsp3) is 0.200. The van der Waals surface area contributed by atoms with Crippen LogP contribution in [0.15, 0.2) is 66.7 Å². The summed E-state index contributed by atoms with van der Waals surface area (Å²) in [6, 6.07) is 21.8. The van der Waals surface area contributed by atoms with Gasteiger partial charge in [0.25, 0.3) is 0 Å². The molecule has 0 aliphatic heterocycles. The molecular formula is C25H25N3O2. The fourth-order valence-electron chi connectivity index (χ4n) is 3.47. The van der Waals surface area contributed by atoms with Crippen LogP contribution in [0.1, 0.15) is 22.5 Å². The number of anilines is 1. The fourth-order valence-corrected chi connectivity index (χ4v) is 3.47. The molecule has 0 aliphatic rings. The number of nitrogens with zero attached hydrogens (tertiary/aromatic N) is 2. The van der Waals surface area contributed by atoms with Gasteiger partial charge in [0.2, 0.25) is 5.91 Å². The number of para-hydroxylation sites is 2. The summed E-state index contributed by atoms with van der Waals surface area (Å²) in [5.74, 6) is 1.41. The zero-order valence-corrected chi connectivity index (χ0v) is 17.5. The van der Waals surface area contributed by atoms with Gasteiger partial charge in [0, 0.05) is 5.69 Å². The topological polar surface area (TPSA) is 56.2 Å². The number of fused-ring (bicyclic) bond motifs is 1. The number of benzene rings is 3. The van der Waals surface area contributed by atoms with E-state index in [-0.39, 0.29) is 19.1 Å². The van der Waals surface area contributed by atoms with Crippen molar-refractivity contribution in [2.24, 2.45) is 0 Å². The van der Waals surface area contributed by atoms with Crippen LogP contribution in [0.2, 0.25) is 0 Å². The summed E-state index contributed by atoms with van der Waals surface area (Å²) in [5, 5.41) is 3.03. The molecule has 1 amide bonds. The Bertz CT molecular complexity index is 1210. The minimum absolute atomic E-state index is 0.0938. The number of ether oxygens (including phenoxy) is 1. The average molecular weight is 399 g/mol. The maximum atomic E-state index is 12.9. The Morgan fingerprint density at radius 2 is 1.77 bits per heavy atom. The van der Waals surface area contributed by atoms with Crippen LogP contribution < -0.4 is 10.1 Å². The van der Waals surface area contributed by atoms with Crippen molar-refractivity contribution in [2.45, 2.75) is 33.9 Å². The number of rotatable bonds is 6. The van der Waals surface area contributed by atoms with E-state index in [1.54, 1.807) is 0 Å². The van der Waals surface area contributed by atoms with Gasteiger partial charge in [-0.25, -0.2) is 4.98 Å². The van der Waals surface area contributed by atoms with Gasteiger partial charge in [0.05, 0.1) is 11.0 Å². The van der Waals surface area contributed by atoms with Gasteiger partial charge in [-0.1, -0.05) is 36.4 Å². The van der Waals surface area contributed by atoms with Gasteiger partial charge >= 0.3 is 0 Å². The molecule has 4 aromatic rings. The zero-order valence-electron chi connectivity index (χ0n) is 17.5. The Kier molecular flexibility index (Phi) is 5.53. The second-order valence-electron chi connectivity index (χ2n) is 7.57. The molecule has 0 saturated carbocycles. The van der Waals surface area contributed by atoms with Crippen molar-refractivity contribution in [1.82, 2.24) is 9.55 Å². The second-order valence-corrected chi connectivity index (χ2v) is 7.57. The molecule has 0 saturated heterocycles. The Morgan fingerprint density at radius 1 is 0.967 bits per heavy atom. The second kappa shape index (κ2) is 8.41. The van der Waals surface area contributed by atoms with Crippen molar-refractivity contribution in [2.75, 3.05) is 5.32 Å². The van der Waals surface area contributed by atoms with Crippen LogP contribution in [0.5, 0.6) is 5.75 Å². The number of amides is 1. The van der Waals surface area contributed by atoms with E-state index in [2.05, 4.69) is 5.32 Å². The van der Waals surface area contributed by atoms with Gasteiger partial charge in [-0.3, -0.25) is 4.79 Å². The molecule has 5 heteroatoms. The summed E-state index contributed by atoms with van der Waals surface area (Å²) >= 11 is 0. The maximum Gasteiger partial charge on any atom is 0.244 e. The predicted molar refractivity (Wildman–Crippen MR) is 120 cm³/mol. The van der Waals surface area contributed by atoms with Crippen LogP contribution in [-0.2, 0) is 17.9 Å². The van der Waals surface area contributed by atoms with Gasteiger partial charge in [0.1, 0.15) is 24.7 Å².